The van der Waals surface area contributed by atoms with Crippen LogP contribution in [0.3, 0.4) is 0 Å². The maximum atomic E-state index is 12.5. The van der Waals surface area contributed by atoms with Crippen LogP contribution >= 0.6 is 0 Å². The van der Waals surface area contributed by atoms with Gasteiger partial charge in [-0.2, -0.15) is 0 Å². The highest BCUT2D eigenvalue weighted by Gasteiger charge is 2.17. The van der Waals surface area contributed by atoms with Gasteiger partial charge in [0.1, 0.15) is 11.6 Å². The topological polar surface area (TPSA) is 97.2 Å². The Kier molecular flexibility index (Phi) is 4.88. The molecule has 0 saturated carbocycles. The quantitative estimate of drug-likeness (QED) is 0.504. The summed E-state index contributed by atoms with van der Waals surface area (Å²) >= 11 is 0. The fourth-order valence-electron chi connectivity index (χ4n) is 2.81. The molecule has 0 aliphatic rings. The molecule has 2 aromatic heterocycles. The minimum Gasteiger partial charge on any atom is -0.467 e. The van der Waals surface area contributed by atoms with Gasteiger partial charge in [0.2, 0.25) is 0 Å². The molecule has 0 radical (unpaired) electrons. The highest BCUT2D eigenvalue weighted by Crippen LogP contribution is 2.24. The lowest BCUT2D eigenvalue weighted by Gasteiger charge is -2.08. The number of amides is 1. The average molecular weight is 375 g/mol. The zero-order valence-corrected chi connectivity index (χ0v) is 14.8. The molecule has 0 fully saturated rings. The first-order chi connectivity index (χ1) is 13.7. The van der Waals surface area contributed by atoms with Crippen molar-refractivity contribution in [2.75, 3.05) is 6.61 Å². The number of furan rings is 1. The lowest BCUT2D eigenvalue weighted by Crippen LogP contribution is -2.28. The molecule has 7 heteroatoms. The Morgan fingerprint density at radius 1 is 1.04 bits per heavy atom. The van der Waals surface area contributed by atoms with Crippen LogP contribution in [-0.4, -0.2) is 28.5 Å². The van der Waals surface area contributed by atoms with Crippen LogP contribution < -0.4 is 5.32 Å². The smallest absolute Gasteiger partial charge is 0.339 e. The summed E-state index contributed by atoms with van der Waals surface area (Å²) in [6.07, 6.45) is 1.52. The fourth-order valence-corrected chi connectivity index (χ4v) is 2.81. The van der Waals surface area contributed by atoms with Crippen molar-refractivity contribution in [3.05, 3.63) is 78.3 Å². The van der Waals surface area contributed by atoms with E-state index >= 15 is 0 Å². The maximum Gasteiger partial charge on any atom is 0.339 e. The van der Waals surface area contributed by atoms with Gasteiger partial charge in [-0.05, 0) is 30.3 Å². The van der Waals surface area contributed by atoms with Gasteiger partial charge in [-0.15, -0.1) is 0 Å². The van der Waals surface area contributed by atoms with E-state index in [-0.39, 0.29) is 13.2 Å². The number of nitrogens with zero attached hydrogens (tertiary/aromatic N) is 1. The molecule has 2 N–H and O–H groups in total. The van der Waals surface area contributed by atoms with Gasteiger partial charge in [-0.25, -0.2) is 9.78 Å². The van der Waals surface area contributed by atoms with E-state index in [9.17, 15) is 9.59 Å². The number of para-hydroxylation sites is 2. The highest BCUT2D eigenvalue weighted by molar-refractivity contribution is 5.98. The van der Waals surface area contributed by atoms with Crippen molar-refractivity contribution in [3.63, 3.8) is 0 Å². The molecule has 140 valence electrons. The molecule has 0 aliphatic heterocycles. The first-order valence-electron chi connectivity index (χ1n) is 8.71. The number of nitrogens with one attached hydrogen (secondary N) is 2. The van der Waals surface area contributed by atoms with Crippen LogP contribution in [0.5, 0.6) is 0 Å². The van der Waals surface area contributed by atoms with Gasteiger partial charge in [0, 0.05) is 5.56 Å². The Balaban J connectivity index is 1.45. The van der Waals surface area contributed by atoms with Crippen molar-refractivity contribution < 1.29 is 18.7 Å². The van der Waals surface area contributed by atoms with Crippen molar-refractivity contribution >= 4 is 22.9 Å². The molecule has 2 heterocycles. The van der Waals surface area contributed by atoms with E-state index < -0.39 is 11.9 Å². The van der Waals surface area contributed by atoms with E-state index in [1.807, 2.05) is 30.3 Å². The molecule has 2 aromatic carbocycles. The number of benzene rings is 2. The largest absolute Gasteiger partial charge is 0.467 e. The standard InChI is InChI=1S/C21H17N3O4/c25-19(22-12-14-6-5-11-27-14)13-28-21(26)16-8-2-1-7-15(16)20-23-17-9-3-4-10-18(17)24-20/h1-11H,12-13H2,(H,22,25)(H,23,24). The molecule has 0 saturated heterocycles. The van der Waals surface area contributed by atoms with Crippen LogP contribution in [-0.2, 0) is 16.1 Å². The number of carbonyl (C=O) groups is 2. The van der Waals surface area contributed by atoms with E-state index in [4.69, 9.17) is 9.15 Å². The molecule has 4 rings (SSSR count). The second-order valence-electron chi connectivity index (χ2n) is 6.08. The summed E-state index contributed by atoms with van der Waals surface area (Å²) in [6, 6.07) is 18.1. The fraction of sp³-hybridized carbons (Fsp3) is 0.0952. The second kappa shape index (κ2) is 7.79. The number of imidazole rings is 1. The normalized spacial score (nSPS) is 10.7. The van der Waals surface area contributed by atoms with E-state index in [1.54, 1.807) is 30.3 Å². The number of H-pyrrole nitrogens is 1. The molecule has 1 amide bonds. The molecule has 7 nitrogen and oxygen atoms in total. The predicted molar refractivity (Wildman–Crippen MR) is 102 cm³/mol. The number of rotatable bonds is 6. The number of hydrogen-bond donors (Lipinski definition) is 2. The number of aromatic amines is 1. The summed E-state index contributed by atoms with van der Waals surface area (Å²) in [4.78, 5) is 32.2. The van der Waals surface area contributed by atoms with Gasteiger partial charge in [0.25, 0.3) is 5.91 Å². The third-order valence-electron chi connectivity index (χ3n) is 4.17. The molecule has 0 unspecified atom stereocenters. The molecule has 0 spiro atoms. The Morgan fingerprint density at radius 2 is 1.86 bits per heavy atom. The molecule has 0 bridgehead atoms. The summed E-state index contributed by atoms with van der Waals surface area (Å²) in [7, 11) is 0. The van der Waals surface area contributed by atoms with Crippen molar-refractivity contribution in [1.29, 1.82) is 0 Å². The summed E-state index contributed by atoms with van der Waals surface area (Å²) < 4.78 is 10.3. The summed E-state index contributed by atoms with van der Waals surface area (Å²) in [6.45, 7) is -0.146. The van der Waals surface area contributed by atoms with Crippen molar-refractivity contribution in [2.45, 2.75) is 6.54 Å². The van der Waals surface area contributed by atoms with Crippen LogP contribution in [0.2, 0.25) is 0 Å². The van der Waals surface area contributed by atoms with Crippen molar-refractivity contribution in [1.82, 2.24) is 15.3 Å². The van der Waals surface area contributed by atoms with Gasteiger partial charge in [-0.3, -0.25) is 4.79 Å². The van der Waals surface area contributed by atoms with E-state index in [2.05, 4.69) is 15.3 Å². The predicted octanol–water partition coefficient (Wildman–Crippen LogP) is 3.30. The van der Waals surface area contributed by atoms with E-state index in [0.29, 0.717) is 22.7 Å². The SMILES string of the molecule is O=C(COC(=O)c1ccccc1-c1nc2ccccc2[nH]1)NCc1ccco1. The number of aromatic nitrogens is 2. The number of hydrogen-bond acceptors (Lipinski definition) is 5. The minimum atomic E-state index is -0.593. The zero-order chi connectivity index (χ0) is 19.3. The van der Waals surface area contributed by atoms with E-state index in [0.717, 1.165) is 11.0 Å². The van der Waals surface area contributed by atoms with Gasteiger partial charge in [0.15, 0.2) is 6.61 Å². The molecule has 4 aromatic rings. The van der Waals surface area contributed by atoms with Gasteiger partial charge >= 0.3 is 5.97 Å². The Labute approximate surface area is 160 Å². The molecule has 0 aliphatic carbocycles. The number of esters is 1. The van der Waals surface area contributed by atoms with E-state index in [1.165, 1.54) is 6.26 Å². The van der Waals surface area contributed by atoms with Gasteiger partial charge in [0.05, 0.1) is 29.4 Å². The molecular formula is C21H17N3O4. The van der Waals surface area contributed by atoms with Crippen LogP contribution in [0, 0.1) is 0 Å². The first kappa shape index (κ1) is 17.5. The van der Waals surface area contributed by atoms with Crippen LogP contribution in [0.1, 0.15) is 16.1 Å². The Morgan fingerprint density at radius 3 is 2.68 bits per heavy atom. The van der Waals surface area contributed by atoms with Crippen molar-refractivity contribution in [2.24, 2.45) is 0 Å². The summed E-state index contributed by atoms with van der Waals surface area (Å²) in [5.74, 6) is 0.182. The lowest BCUT2D eigenvalue weighted by molar-refractivity contribution is -0.124. The minimum absolute atomic E-state index is 0.235. The van der Waals surface area contributed by atoms with Gasteiger partial charge < -0.3 is 19.5 Å². The third-order valence-corrected chi connectivity index (χ3v) is 4.17. The number of carbonyl (C=O) groups excluding carboxylic acids is 2. The highest BCUT2D eigenvalue weighted by atomic mass is 16.5. The number of fused-ring (bicyclic) bond motifs is 1. The summed E-state index contributed by atoms with van der Waals surface area (Å²) in [5.41, 5.74) is 2.62. The van der Waals surface area contributed by atoms with Crippen molar-refractivity contribution in [3.8, 4) is 11.4 Å². The maximum absolute atomic E-state index is 12.5. The van der Waals surface area contributed by atoms with Crippen LogP contribution in [0.4, 0.5) is 0 Å². The molecular weight excluding hydrogens is 358 g/mol. The third kappa shape index (κ3) is 3.78. The van der Waals surface area contributed by atoms with Crippen LogP contribution in [0.25, 0.3) is 22.4 Å². The lowest BCUT2D eigenvalue weighted by atomic mass is 10.1. The second-order valence-corrected chi connectivity index (χ2v) is 6.08. The number of ether oxygens (including phenoxy) is 1. The van der Waals surface area contributed by atoms with Crippen LogP contribution in [0.15, 0.2) is 71.3 Å². The molecule has 0 atom stereocenters. The summed E-state index contributed by atoms with van der Waals surface area (Å²) in [5, 5.41) is 2.63. The monoisotopic (exact) mass is 375 g/mol. The first-order valence-corrected chi connectivity index (χ1v) is 8.71. The Hall–Kier alpha value is -3.87. The van der Waals surface area contributed by atoms with Gasteiger partial charge in [-0.1, -0.05) is 30.3 Å². The molecule has 28 heavy (non-hydrogen) atoms. The average Bonchev–Trinajstić information content (AvgIpc) is 3.40. The Bertz CT molecular complexity index is 1080. The zero-order valence-electron chi connectivity index (χ0n) is 14.8.